The van der Waals surface area contributed by atoms with Crippen LogP contribution < -0.4 is 4.90 Å². The number of carbonyl (C=O) groups is 2. The second-order valence-corrected chi connectivity index (χ2v) is 4.89. The third-order valence-corrected chi connectivity index (χ3v) is 3.45. The molecule has 2 aromatic carbocycles. The molecule has 21 heavy (non-hydrogen) atoms. The summed E-state index contributed by atoms with van der Waals surface area (Å²) >= 11 is 0. The Morgan fingerprint density at radius 2 is 1.71 bits per heavy atom. The highest BCUT2D eigenvalue weighted by atomic mass is 16.3. The third kappa shape index (κ3) is 2.33. The standard InChI is InChI=1S/C16H13NO4/c18-11-7-10(8-12(19)9-11)16(21)17-6-5-15(20)13-3-1-2-4-14(13)17/h1-4,7-9,18-19H,5-6H2. The van der Waals surface area contributed by atoms with Gasteiger partial charge in [0.25, 0.3) is 5.91 Å². The average Bonchev–Trinajstić information content (AvgIpc) is 2.46. The van der Waals surface area contributed by atoms with Crippen LogP contribution in [0.25, 0.3) is 0 Å². The van der Waals surface area contributed by atoms with Crippen LogP contribution in [0.15, 0.2) is 42.5 Å². The number of benzene rings is 2. The zero-order chi connectivity index (χ0) is 15.0. The fourth-order valence-electron chi connectivity index (χ4n) is 2.50. The Kier molecular flexibility index (Phi) is 3.10. The van der Waals surface area contributed by atoms with E-state index in [4.69, 9.17) is 0 Å². The molecule has 0 aromatic heterocycles. The van der Waals surface area contributed by atoms with Crippen molar-refractivity contribution in [2.75, 3.05) is 11.4 Å². The Bertz CT molecular complexity index is 719. The number of anilines is 1. The van der Waals surface area contributed by atoms with E-state index >= 15 is 0 Å². The number of fused-ring (bicyclic) bond motifs is 1. The summed E-state index contributed by atoms with van der Waals surface area (Å²) in [5, 5.41) is 19.0. The van der Waals surface area contributed by atoms with Gasteiger partial charge in [0.2, 0.25) is 0 Å². The van der Waals surface area contributed by atoms with Gasteiger partial charge in [-0.2, -0.15) is 0 Å². The van der Waals surface area contributed by atoms with Crippen molar-refractivity contribution in [3.05, 3.63) is 53.6 Å². The number of ketones is 1. The molecule has 3 rings (SSSR count). The number of carbonyl (C=O) groups excluding carboxylic acids is 2. The van der Waals surface area contributed by atoms with E-state index in [1.54, 1.807) is 24.3 Å². The maximum absolute atomic E-state index is 12.6. The number of Topliss-reactive ketones (excluding diaryl/α,β-unsaturated/α-hetero) is 1. The van der Waals surface area contributed by atoms with E-state index in [0.717, 1.165) is 6.07 Å². The summed E-state index contributed by atoms with van der Waals surface area (Å²) in [6.45, 7) is 0.283. The molecule has 0 atom stereocenters. The Hall–Kier alpha value is -2.82. The summed E-state index contributed by atoms with van der Waals surface area (Å²) in [5.74, 6) is -0.714. The molecule has 0 bridgehead atoms. The lowest BCUT2D eigenvalue weighted by Gasteiger charge is -2.28. The Morgan fingerprint density at radius 3 is 2.43 bits per heavy atom. The van der Waals surface area contributed by atoms with Gasteiger partial charge in [0, 0.05) is 30.2 Å². The van der Waals surface area contributed by atoms with Crippen LogP contribution >= 0.6 is 0 Å². The predicted molar refractivity (Wildman–Crippen MR) is 76.8 cm³/mol. The number of hydrogen-bond acceptors (Lipinski definition) is 4. The van der Waals surface area contributed by atoms with Crippen molar-refractivity contribution in [2.24, 2.45) is 0 Å². The average molecular weight is 283 g/mol. The molecule has 1 aliphatic rings. The first-order valence-electron chi connectivity index (χ1n) is 6.53. The molecule has 0 unspecified atom stereocenters. The molecule has 0 spiro atoms. The van der Waals surface area contributed by atoms with Gasteiger partial charge in [0.1, 0.15) is 11.5 Å². The number of phenolic OH excluding ortho intramolecular Hbond substituents is 2. The lowest BCUT2D eigenvalue weighted by molar-refractivity contribution is 0.0954. The van der Waals surface area contributed by atoms with Crippen LogP contribution in [0.1, 0.15) is 27.1 Å². The van der Waals surface area contributed by atoms with Crippen LogP contribution in [0, 0.1) is 0 Å². The quantitative estimate of drug-likeness (QED) is 0.842. The largest absolute Gasteiger partial charge is 0.508 e. The van der Waals surface area contributed by atoms with Crippen molar-refractivity contribution in [2.45, 2.75) is 6.42 Å². The number of aromatic hydroxyl groups is 2. The van der Waals surface area contributed by atoms with E-state index in [-0.39, 0.29) is 41.7 Å². The van der Waals surface area contributed by atoms with Crippen LogP contribution in [0.2, 0.25) is 0 Å². The molecule has 1 amide bonds. The topological polar surface area (TPSA) is 77.8 Å². The van der Waals surface area contributed by atoms with Gasteiger partial charge in [-0.05, 0) is 24.3 Å². The minimum Gasteiger partial charge on any atom is -0.508 e. The molecule has 1 aliphatic heterocycles. The Morgan fingerprint density at radius 1 is 1.05 bits per heavy atom. The van der Waals surface area contributed by atoms with Crippen LogP contribution in [0.3, 0.4) is 0 Å². The van der Waals surface area contributed by atoms with E-state index in [1.807, 2.05) is 0 Å². The first-order chi connectivity index (χ1) is 10.1. The number of amides is 1. The van der Waals surface area contributed by atoms with Crippen LogP contribution in [0.4, 0.5) is 5.69 Å². The fraction of sp³-hybridized carbons (Fsp3) is 0.125. The molecule has 2 N–H and O–H groups in total. The monoisotopic (exact) mass is 283 g/mol. The van der Waals surface area contributed by atoms with Crippen molar-refractivity contribution in [1.82, 2.24) is 0 Å². The predicted octanol–water partition coefficient (Wildman–Crippen LogP) is 2.33. The molecule has 0 saturated carbocycles. The van der Waals surface area contributed by atoms with Crippen molar-refractivity contribution >= 4 is 17.4 Å². The van der Waals surface area contributed by atoms with Gasteiger partial charge in [-0.15, -0.1) is 0 Å². The highest BCUT2D eigenvalue weighted by Gasteiger charge is 2.27. The summed E-state index contributed by atoms with van der Waals surface area (Å²) in [6.07, 6.45) is 0.257. The Labute approximate surface area is 121 Å². The molecular weight excluding hydrogens is 270 g/mol. The van der Waals surface area contributed by atoms with Gasteiger partial charge in [0.15, 0.2) is 5.78 Å². The zero-order valence-corrected chi connectivity index (χ0v) is 11.1. The van der Waals surface area contributed by atoms with Gasteiger partial charge in [-0.1, -0.05) is 12.1 Å². The maximum atomic E-state index is 12.6. The second-order valence-electron chi connectivity index (χ2n) is 4.89. The molecule has 0 fully saturated rings. The lowest BCUT2D eigenvalue weighted by atomic mass is 9.99. The van der Waals surface area contributed by atoms with Gasteiger partial charge >= 0.3 is 0 Å². The van der Waals surface area contributed by atoms with Crippen molar-refractivity contribution in [1.29, 1.82) is 0 Å². The lowest BCUT2D eigenvalue weighted by Crippen LogP contribution is -2.37. The molecule has 5 heteroatoms. The van der Waals surface area contributed by atoms with Crippen molar-refractivity contribution < 1.29 is 19.8 Å². The van der Waals surface area contributed by atoms with Gasteiger partial charge < -0.3 is 15.1 Å². The van der Waals surface area contributed by atoms with E-state index in [2.05, 4.69) is 0 Å². The molecule has 0 radical (unpaired) electrons. The third-order valence-electron chi connectivity index (χ3n) is 3.45. The smallest absolute Gasteiger partial charge is 0.258 e. The van der Waals surface area contributed by atoms with Crippen molar-refractivity contribution in [3.63, 3.8) is 0 Å². The van der Waals surface area contributed by atoms with E-state index < -0.39 is 0 Å². The first-order valence-corrected chi connectivity index (χ1v) is 6.53. The fourth-order valence-corrected chi connectivity index (χ4v) is 2.50. The second kappa shape index (κ2) is 4.94. The number of para-hydroxylation sites is 1. The van der Waals surface area contributed by atoms with E-state index in [9.17, 15) is 19.8 Å². The number of rotatable bonds is 1. The summed E-state index contributed by atoms with van der Waals surface area (Å²) in [4.78, 5) is 25.9. The highest BCUT2D eigenvalue weighted by Crippen LogP contribution is 2.29. The molecule has 106 valence electrons. The summed E-state index contributed by atoms with van der Waals surface area (Å²) in [7, 11) is 0. The minimum atomic E-state index is -0.360. The maximum Gasteiger partial charge on any atom is 0.258 e. The van der Waals surface area contributed by atoms with Crippen LogP contribution in [-0.2, 0) is 0 Å². The molecule has 5 nitrogen and oxygen atoms in total. The molecule has 2 aromatic rings. The molecular formula is C16H13NO4. The zero-order valence-electron chi connectivity index (χ0n) is 11.1. The first kappa shape index (κ1) is 13.2. The minimum absolute atomic E-state index is 0.00778. The summed E-state index contributed by atoms with van der Waals surface area (Å²) in [5.41, 5.74) is 1.25. The molecule has 0 saturated heterocycles. The van der Waals surface area contributed by atoms with Crippen LogP contribution in [-0.4, -0.2) is 28.4 Å². The highest BCUT2D eigenvalue weighted by molar-refractivity contribution is 6.13. The van der Waals surface area contributed by atoms with Gasteiger partial charge in [-0.25, -0.2) is 0 Å². The van der Waals surface area contributed by atoms with E-state index in [0.29, 0.717) is 11.3 Å². The molecule has 1 heterocycles. The van der Waals surface area contributed by atoms with E-state index in [1.165, 1.54) is 17.0 Å². The van der Waals surface area contributed by atoms with Crippen molar-refractivity contribution in [3.8, 4) is 11.5 Å². The normalized spacial score (nSPS) is 13.9. The van der Waals surface area contributed by atoms with Gasteiger partial charge in [0.05, 0.1) is 5.69 Å². The van der Waals surface area contributed by atoms with Crippen LogP contribution in [0.5, 0.6) is 11.5 Å². The van der Waals surface area contributed by atoms with Gasteiger partial charge in [-0.3, -0.25) is 9.59 Å². The Balaban J connectivity index is 2.03. The number of phenols is 2. The summed E-state index contributed by atoms with van der Waals surface area (Å²) < 4.78 is 0. The molecule has 0 aliphatic carbocycles. The SMILES string of the molecule is O=C1CCN(C(=O)c2cc(O)cc(O)c2)c2ccccc21. The number of nitrogens with zero attached hydrogens (tertiary/aromatic N) is 1. The summed E-state index contributed by atoms with van der Waals surface area (Å²) in [6, 6.07) is 10.7. The number of hydrogen-bond donors (Lipinski definition) is 2.